The Morgan fingerprint density at radius 1 is 1.44 bits per heavy atom. The maximum atomic E-state index is 9.51. The molecule has 1 aliphatic heterocycles. The predicted molar refractivity (Wildman–Crippen MR) is 97.9 cm³/mol. The third-order valence-electron chi connectivity index (χ3n) is 4.55. The summed E-state index contributed by atoms with van der Waals surface area (Å²) in [5.74, 6) is 0.361. The zero-order chi connectivity index (χ0) is 17.6. The number of anilines is 1. The molecule has 2 aromatic rings. The van der Waals surface area contributed by atoms with Gasteiger partial charge in [0.05, 0.1) is 12.8 Å². The van der Waals surface area contributed by atoms with E-state index >= 15 is 0 Å². The molecule has 132 valence electrons. The summed E-state index contributed by atoms with van der Waals surface area (Å²) in [6.45, 7) is 3.55. The molecule has 0 spiro atoms. The van der Waals surface area contributed by atoms with Crippen LogP contribution in [0.15, 0.2) is 29.8 Å². The molecule has 6 nitrogen and oxygen atoms in total. The van der Waals surface area contributed by atoms with E-state index in [1.165, 1.54) is 12.0 Å². The van der Waals surface area contributed by atoms with Crippen LogP contribution in [0.3, 0.4) is 0 Å². The van der Waals surface area contributed by atoms with Gasteiger partial charge >= 0.3 is 0 Å². The van der Waals surface area contributed by atoms with Gasteiger partial charge in [-0.25, -0.2) is 4.98 Å². The van der Waals surface area contributed by atoms with Crippen molar-refractivity contribution in [2.45, 2.75) is 19.0 Å². The van der Waals surface area contributed by atoms with E-state index in [1.807, 2.05) is 6.07 Å². The average Bonchev–Trinajstić information content (AvgIpc) is 3.15. The summed E-state index contributed by atoms with van der Waals surface area (Å²) in [5.41, 5.74) is 1.33. The fourth-order valence-electron chi connectivity index (χ4n) is 3.30. The highest BCUT2D eigenvalue weighted by Gasteiger charge is 2.29. The lowest BCUT2D eigenvalue weighted by molar-refractivity contribution is 0.136. The minimum absolute atomic E-state index is 0.157. The van der Waals surface area contributed by atoms with Gasteiger partial charge in [0.1, 0.15) is 11.6 Å². The second kappa shape index (κ2) is 8.30. The molecule has 1 saturated heterocycles. The molecule has 3 heterocycles. The van der Waals surface area contributed by atoms with E-state index < -0.39 is 0 Å². The molecule has 7 heteroatoms. The Kier molecular flexibility index (Phi) is 5.87. The van der Waals surface area contributed by atoms with Gasteiger partial charge in [-0.15, -0.1) is 11.3 Å². The summed E-state index contributed by atoms with van der Waals surface area (Å²) in [6, 6.07) is 8.54. The summed E-state index contributed by atoms with van der Waals surface area (Å²) in [6.07, 6.45) is 2.39. The minimum Gasteiger partial charge on any atom is -0.480 e. The Morgan fingerprint density at radius 2 is 2.32 bits per heavy atom. The molecule has 0 aromatic carbocycles. The molecule has 0 radical (unpaired) electrons. The van der Waals surface area contributed by atoms with Gasteiger partial charge in [0, 0.05) is 49.9 Å². The van der Waals surface area contributed by atoms with Crippen molar-refractivity contribution in [1.82, 2.24) is 9.88 Å². The molecule has 0 amide bonds. The number of piperazine rings is 1. The number of pyridine rings is 1. The maximum Gasteiger partial charge on any atom is 0.233 e. The summed E-state index contributed by atoms with van der Waals surface area (Å²) < 4.78 is 5.22. The highest BCUT2D eigenvalue weighted by atomic mass is 32.1. The molecule has 1 fully saturated rings. The first kappa shape index (κ1) is 17.7. The Balaban J connectivity index is 1.79. The number of ether oxygens (including phenoxy) is 1. The van der Waals surface area contributed by atoms with E-state index in [9.17, 15) is 10.4 Å². The van der Waals surface area contributed by atoms with Crippen molar-refractivity contribution >= 4 is 17.0 Å². The summed E-state index contributed by atoms with van der Waals surface area (Å²) in [7, 11) is 1.53. The topological polar surface area (TPSA) is 72.6 Å². The number of aliphatic hydroxyl groups excluding tert-OH is 1. The molecular formula is C18H22N4O2S. The van der Waals surface area contributed by atoms with Gasteiger partial charge in [0.15, 0.2) is 0 Å². The van der Waals surface area contributed by atoms with E-state index in [0.29, 0.717) is 17.9 Å². The van der Waals surface area contributed by atoms with E-state index in [0.717, 1.165) is 31.9 Å². The SMILES string of the molecule is COc1nccc(N2CCN(Cc3cccs3)C(CCO)C2)c1C#N. The fraction of sp³-hybridized carbons (Fsp3) is 0.444. The first-order valence-electron chi connectivity index (χ1n) is 8.32. The molecule has 1 atom stereocenters. The van der Waals surface area contributed by atoms with Crippen LogP contribution in [0.25, 0.3) is 0 Å². The van der Waals surface area contributed by atoms with Crippen molar-refractivity contribution in [3.05, 3.63) is 40.2 Å². The molecule has 0 saturated carbocycles. The largest absolute Gasteiger partial charge is 0.480 e. The van der Waals surface area contributed by atoms with Gasteiger partial charge in [-0.05, 0) is 23.9 Å². The maximum absolute atomic E-state index is 9.51. The van der Waals surface area contributed by atoms with Gasteiger partial charge < -0.3 is 14.7 Å². The number of nitriles is 1. The zero-order valence-corrected chi connectivity index (χ0v) is 15.1. The second-order valence-corrected chi connectivity index (χ2v) is 7.02. The smallest absolute Gasteiger partial charge is 0.233 e. The van der Waals surface area contributed by atoms with Gasteiger partial charge in [0.25, 0.3) is 0 Å². The Morgan fingerprint density at radius 3 is 3.00 bits per heavy atom. The molecule has 2 aromatic heterocycles. The number of methoxy groups -OCH3 is 1. The van der Waals surface area contributed by atoms with Crippen molar-refractivity contribution < 1.29 is 9.84 Å². The van der Waals surface area contributed by atoms with Crippen molar-refractivity contribution in [2.24, 2.45) is 0 Å². The van der Waals surface area contributed by atoms with Crippen LogP contribution < -0.4 is 9.64 Å². The molecule has 0 aliphatic carbocycles. The van der Waals surface area contributed by atoms with Crippen LogP contribution in [0, 0.1) is 11.3 Å². The molecule has 1 N–H and O–H groups in total. The number of aromatic nitrogens is 1. The highest BCUT2D eigenvalue weighted by Crippen LogP contribution is 2.29. The molecule has 3 rings (SSSR count). The summed E-state index contributed by atoms with van der Waals surface area (Å²) >= 11 is 1.76. The van der Waals surface area contributed by atoms with Crippen LogP contribution in [0.2, 0.25) is 0 Å². The molecule has 1 unspecified atom stereocenters. The van der Waals surface area contributed by atoms with Gasteiger partial charge in [-0.1, -0.05) is 6.07 Å². The van der Waals surface area contributed by atoms with Crippen LogP contribution in [-0.4, -0.2) is 54.4 Å². The first-order valence-corrected chi connectivity index (χ1v) is 9.20. The van der Waals surface area contributed by atoms with Gasteiger partial charge in [-0.2, -0.15) is 5.26 Å². The van der Waals surface area contributed by atoms with Crippen LogP contribution in [0.1, 0.15) is 16.9 Å². The van der Waals surface area contributed by atoms with Gasteiger partial charge in [0.2, 0.25) is 5.88 Å². The Bertz CT molecular complexity index is 729. The normalized spacial score (nSPS) is 18.1. The van der Waals surface area contributed by atoms with Crippen molar-refractivity contribution in [2.75, 3.05) is 38.3 Å². The molecule has 1 aliphatic rings. The standard InChI is InChI=1S/C18H22N4O2S/c1-24-18-16(11-19)17(4-6-20-18)22-8-7-21(14(12-22)5-9-23)13-15-3-2-10-25-15/h2-4,6,10,14,23H,5,7-9,12-13H2,1H3. The lowest BCUT2D eigenvalue weighted by Crippen LogP contribution is -2.53. The number of hydrogen-bond acceptors (Lipinski definition) is 7. The molecule has 0 bridgehead atoms. The van der Waals surface area contributed by atoms with Crippen LogP contribution in [0.5, 0.6) is 5.88 Å². The van der Waals surface area contributed by atoms with E-state index in [4.69, 9.17) is 4.74 Å². The summed E-state index contributed by atoms with van der Waals surface area (Å²) in [5, 5.41) is 21.1. The van der Waals surface area contributed by atoms with E-state index in [1.54, 1.807) is 17.5 Å². The minimum atomic E-state index is 0.157. The first-order chi connectivity index (χ1) is 12.3. The fourth-order valence-corrected chi connectivity index (χ4v) is 4.03. The monoisotopic (exact) mass is 358 g/mol. The molecule has 25 heavy (non-hydrogen) atoms. The third kappa shape index (κ3) is 3.93. The quantitative estimate of drug-likeness (QED) is 0.853. The third-order valence-corrected chi connectivity index (χ3v) is 5.41. The Labute approximate surface area is 151 Å². The number of thiophene rings is 1. The van der Waals surface area contributed by atoms with Crippen LogP contribution in [0.4, 0.5) is 5.69 Å². The van der Waals surface area contributed by atoms with E-state index in [-0.39, 0.29) is 12.6 Å². The number of rotatable bonds is 6. The highest BCUT2D eigenvalue weighted by molar-refractivity contribution is 7.09. The number of aliphatic hydroxyl groups is 1. The molecular weight excluding hydrogens is 336 g/mol. The number of hydrogen-bond donors (Lipinski definition) is 1. The summed E-state index contributed by atoms with van der Waals surface area (Å²) in [4.78, 5) is 10.1. The lowest BCUT2D eigenvalue weighted by atomic mass is 10.1. The van der Waals surface area contributed by atoms with Crippen molar-refractivity contribution in [1.29, 1.82) is 5.26 Å². The van der Waals surface area contributed by atoms with Crippen LogP contribution in [-0.2, 0) is 6.54 Å². The second-order valence-electron chi connectivity index (χ2n) is 5.99. The van der Waals surface area contributed by atoms with E-state index in [2.05, 4.69) is 38.4 Å². The van der Waals surface area contributed by atoms with Crippen molar-refractivity contribution in [3.63, 3.8) is 0 Å². The Hall–Kier alpha value is -2.14. The van der Waals surface area contributed by atoms with Gasteiger partial charge in [-0.3, -0.25) is 4.90 Å². The average molecular weight is 358 g/mol. The van der Waals surface area contributed by atoms with Crippen molar-refractivity contribution in [3.8, 4) is 11.9 Å². The zero-order valence-electron chi connectivity index (χ0n) is 14.3. The van der Waals surface area contributed by atoms with Crippen LogP contribution >= 0.6 is 11.3 Å². The number of nitrogens with zero attached hydrogens (tertiary/aromatic N) is 4. The lowest BCUT2D eigenvalue weighted by Gasteiger charge is -2.42. The predicted octanol–water partition coefficient (Wildman–Crippen LogP) is 2.10.